The lowest BCUT2D eigenvalue weighted by Gasteiger charge is -2.14. The van der Waals surface area contributed by atoms with Gasteiger partial charge in [-0.05, 0) is 31.7 Å². The van der Waals surface area contributed by atoms with Crippen molar-refractivity contribution in [3.8, 4) is 0 Å². The van der Waals surface area contributed by atoms with E-state index in [0.717, 1.165) is 12.8 Å². The Hall–Kier alpha value is -1.09. The molecule has 1 aliphatic rings. The van der Waals surface area contributed by atoms with Crippen molar-refractivity contribution in [1.82, 2.24) is 0 Å². The molecule has 0 spiro atoms. The first-order valence-corrected chi connectivity index (χ1v) is 4.91. The van der Waals surface area contributed by atoms with Crippen LogP contribution in [0.15, 0.2) is 12.1 Å². The second-order valence-corrected chi connectivity index (χ2v) is 4.05. The summed E-state index contributed by atoms with van der Waals surface area (Å²) in [5.41, 5.74) is 13.2. The van der Waals surface area contributed by atoms with Gasteiger partial charge in [0, 0.05) is 22.9 Å². The van der Waals surface area contributed by atoms with E-state index < -0.39 is 0 Å². The number of hydrogen-bond donors (Lipinski definition) is 2. The first kappa shape index (κ1) is 9.46. The fourth-order valence-corrected chi connectivity index (χ4v) is 1.69. The summed E-state index contributed by atoms with van der Waals surface area (Å²) in [7, 11) is 0. The van der Waals surface area contributed by atoms with Gasteiger partial charge in [-0.3, -0.25) is 0 Å². The molecule has 1 aliphatic carbocycles. The average molecular weight is 194 g/mol. The number of benzene rings is 1. The van der Waals surface area contributed by atoms with Crippen molar-refractivity contribution in [2.45, 2.75) is 25.8 Å². The second kappa shape index (κ2) is 3.24. The minimum Gasteiger partial charge on any atom is -0.398 e. The van der Waals surface area contributed by atoms with E-state index in [1.54, 1.807) is 19.1 Å². The highest BCUT2D eigenvalue weighted by Crippen LogP contribution is 2.40. The molecule has 2 rings (SSSR count). The Bertz CT molecular complexity index is 359. The number of halogens is 1. The molecule has 1 saturated carbocycles. The minimum atomic E-state index is -0.232. The van der Waals surface area contributed by atoms with Crippen LogP contribution in [-0.4, -0.2) is 0 Å². The predicted octanol–water partition coefficient (Wildman–Crippen LogP) is 2.13. The fraction of sp³-hybridized carbons (Fsp3) is 0.455. The number of anilines is 1. The molecule has 0 heterocycles. The van der Waals surface area contributed by atoms with Crippen LogP contribution in [0.25, 0.3) is 0 Å². The fourth-order valence-electron chi connectivity index (χ4n) is 1.69. The van der Waals surface area contributed by atoms with Crippen molar-refractivity contribution in [3.05, 3.63) is 29.1 Å². The molecule has 1 fully saturated rings. The molecule has 0 amide bonds. The maximum atomic E-state index is 13.7. The van der Waals surface area contributed by atoms with Crippen molar-refractivity contribution < 1.29 is 4.39 Å². The van der Waals surface area contributed by atoms with Gasteiger partial charge in [-0.1, -0.05) is 6.07 Å². The molecule has 0 radical (unpaired) electrons. The van der Waals surface area contributed by atoms with E-state index in [4.69, 9.17) is 11.5 Å². The number of rotatable bonds is 2. The Morgan fingerprint density at radius 3 is 2.64 bits per heavy atom. The van der Waals surface area contributed by atoms with Crippen molar-refractivity contribution >= 4 is 5.69 Å². The summed E-state index contributed by atoms with van der Waals surface area (Å²) in [4.78, 5) is 0. The second-order valence-electron chi connectivity index (χ2n) is 4.05. The lowest BCUT2D eigenvalue weighted by molar-refractivity contribution is 0.549. The SMILES string of the molecule is Cc1c(N)ccc(C(N)C2CC2)c1F. The topological polar surface area (TPSA) is 52.0 Å². The summed E-state index contributed by atoms with van der Waals surface area (Å²) in [5.74, 6) is 0.233. The van der Waals surface area contributed by atoms with Gasteiger partial charge in [0.1, 0.15) is 5.82 Å². The van der Waals surface area contributed by atoms with Gasteiger partial charge in [-0.25, -0.2) is 4.39 Å². The zero-order valence-electron chi connectivity index (χ0n) is 8.26. The molecule has 1 aromatic rings. The third-order valence-corrected chi connectivity index (χ3v) is 2.95. The van der Waals surface area contributed by atoms with Crippen LogP contribution in [0, 0.1) is 18.7 Å². The van der Waals surface area contributed by atoms with Crippen LogP contribution in [0.4, 0.5) is 10.1 Å². The van der Waals surface area contributed by atoms with Crippen molar-refractivity contribution in [1.29, 1.82) is 0 Å². The molecule has 0 aliphatic heterocycles. The molecular weight excluding hydrogens is 179 g/mol. The Kier molecular flexibility index (Phi) is 2.19. The molecule has 3 heteroatoms. The third kappa shape index (κ3) is 1.48. The smallest absolute Gasteiger partial charge is 0.132 e. The van der Waals surface area contributed by atoms with Crippen molar-refractivity contribution in [3.63, 3.8) is 0 Å². The summed E-state index contributed by atoms with van der Waals surface area (Å²) < 4.78 is 13.7. The van der Waals surface area contributed by atoms with E-state index in [1.807, 2.05) is 0 Å². The molecule has 1 atom stereocenters. The molecule has 1 aromatic carbocycles. The first-order valence-electron chi connectivity index (χ1n) is 4.91. The van der Waals surface area contributed by atoms with Crippen LogP contribution in [0.3, 0.4) is 0 Å². The molecular formula is C11H15FN2. The number of nitrogen functional groups attached to an aromatic ring is 1. The minimum absolute atomic E-state index is 0.158. The maximum Gasteiger partial charge on any atom is 0.132 e. The normalized spacial score (nSPS) is 18.2. The van der Waals surface area contributed by atoms with Gasteiger partial charge in [0.15, 0.2) is 0 Å². The summed E-state index contributed by atoms with van der Waals surface area (Å²) in [6.45, 7) is 1.69. The van der Waals surface area contributed by atoms with Crippen LogP contribution in [0.1, 0.15) is 30.0 Å². The van der Waals surface area contributed by atoms with E-state index in [9.17, 15) is 4.39 Å². The molecule has 0 aromatic heterocycles. The number of hydrogen-bond acceptors (Lipinski definition) is 2. The first-order chi connectivity index (χ1) is 6.61. The Morgan fingerprint density at radius 2 is 2.07 bits per heavy atom. The van der Waals surface area contributed by atoms with E-state index in [2.05, 4.69) is 0 Å². The summed E-state index contributed by atoms with van der Waals surface area (Å²) in [6, 6.07) is 3.28. The van der Waals surface area contributed by atoms with Crippen LogP contribution < -0.4 is 11.5 Å². The zero-order chi connectivity index (χ0) is 10.3. The maximum absolute atomic E-state index is 13.7. The molecule has 0 saturated heterocycles. The summed E-state index contributed by atoms with van der Waals surface area (Å²) >= 11 is 0. The highest BCUT2D eigenvalue weighted by molar-refractivity contribution is 5.49. The Labute approximate surface area is 83.1 Å². The van der Waals surface area contributed by atoms with Gasteiger partial charge < -0.3 is 11.5 Å². The lowest BCUT2D eigenvalue weighted by Crippen LogP contribution is -2.15. The monoisotopic (exact) mass is 194 g/mol. The van der Waals surface area contributed by atoms with Gasteiger partial charge in [0.2, 0.25) is 0 Å². The van der Waals surface area contributed by atoms with Gasteiger partial charge in [-0.2, -0.15) is 0 Å². The summed E-state index contributed by atoms with van der Waals surface area (Å²) in [5, 5.41) is 0. The Morgan fingerprint density at radius 1 is 1.43 bits per heavy atom. The summed E-state index contributed by atoms with van der Waals surface area (Å²) in [6.07, 6.45) is 2.23. The van der Waals surface area contributed by atoms with E-state index in [-0.39, 0.29) is 11.9 Å². The molecule has 1 unspecified atom stereocenters. The highest BCUT2D eigenvalue weighted by atomic mass is 19.1. The third-order valence-electron chi connectivity index (χ3n) is 2.95. The van der Waals surface area contributed by atoms with Crippen LogP contribution in [0.2, 0.25) is 0 Å². The van der Waals surface area contributed by atoms with Gasteiger partial charge >= 0.3 is 0 Å². The van der Waals surface area contributed by atoms with Crippen LogP contribution >= 0.6 is 0 Å². The molecule has 4 N–H and O–H groups in total. The van der Waals surface area contributed by atoms with E-state index >= 15 is 0 Å². The van der Waals surface area contributed by atoms with Gasteiger partial charge in [0.25, 0.3) is 0 Å². The number of nitrogens with two attached hydrogens (primary N) is 2. The van der Waals surface area contributed by atoms with Crippen LogP contribution in [0.5, 0.6) is 0 Å². The van der Waals surface area contributed by atoms with Crippen molar-refractivity contribution in [2.24, 2.45) is 11.7 Å². The lowest BCUT2D eigenvalue weighted by atomic mass is 9.99. The average Bonchev–Trinajstić information content (AvgIpc) is 2.97. The Balaban J connectivity index is 2.38. The largest absolute Gasteiger partial charge is 0.398 e. The van der Waals surface area contributed by atoms with E-state index in [0.29, 0.717) is 22.7 Å². The predicted molar refractivity (Wildman–Crippen MR) is 55.2 cm³/mol. The highest BCUT2D eigenvalue weighted by Gasteiger charge is 2.31. The standard InChI is InChI=1S/C11H15FN2/c1-6-9(13)5-4-8(10(6)12)11(14)7-2-3-7/h4-5,7,11H,2-3,13-14H2,1H3. The van der Waals surface area contributed by atoms with E-state index in [1.165, 1.54) is 0 Å². The van der Waals surface area contributed by atoms with Crippen molar-refractivity contribution in [2.75, 3.05) is 5.73 Å². The molecule has 0 bridgehead atoms. The van der Waals surface area contributed by atoms with Gasteiger partial charge in [0.05, 0.1) is 0 Å². The quantitative estimate of drug-likeness (QED) is 0.708. The molecule has 2 nitrogen and oxygen atoms in total. The zero-order valence-corrected chi connectivity index (χ0v) is 8.26. The molecule has 76 valence electrons. The van der Waals surface area contributed by atoms with Crippen LogP contribution in [-0.2, 0) is 0 Å². The molecule has 14 heavy (non-hydrogen) atoms. The van der Waals surface area contributed by atoms with Gasteiger partial charge in [-0.15, -0.1) is 0 Å².